The number of hydrogen-bond acceptors (Lipinski definition) is 7. The Balaban J connectivity index is 1.26. The lowest BCUT2D eigenvalue weighted by molar-refractivity contribution is 0.0923. The van der Waals surface area contributed by atoms with Gasteiger partial charge in [-0.15, -0.1) is 5.10 Å². The Hall–Kier alpha value is -3.85. The standard InChI is InChI=1S/C24H26N6O3/c1-32-18-9-7-17(8-10-18)19-5-4-6-21-26-24(28-30(19)21)27-22-12-11-20(33-22)23(31)25-13-16-29-14-2-3-15-29/h4-12H,2-3,13-16H2,1H3,(H,25,31)(H,27,28). The molecule has 170 valence electrons. The van der Waals surface area contributed by atoms with E-state index in [-0.39, 0.29) is 11.7 Å². The van der Waals surface area contributed by atoms with Gasteiger partial charge in [-0.2, -0.15) is 4.98 Å². The van der Waals surface area contributed by atoms with Gasteiger partial charge in [-0.3, -0.25) is 10.1 Å². The van der Waals surface area contributed by atoms with Crippen molar-refractivity contribution < 1.29 is 13.9 Å². The zero-order valence-corrected chi connectivity index (χ0v) is 18.5. The van der Waals surface area contributed by atoms with E-state index in [0.29, 0.717) is 24.0 Å². The zero-order chi connectivity index (χ0) is 22.6. The number of nitrogens with zero attached hydrogens (tertiary/aromatic N) is 4. The molecule has 0 spiro atoms. The summed E-state index contributed by atoms with van der Waals surface area (Å²) >= 11 is 0. The smallest absolute Gasteiger partial charge is 0.287 e. The Morgan fingerprint density at radius 1 is 1.09 bits per heavy atom. The van der Waals surface area contributed by atoms with Gasteiger partial charge in [-0.05, 0) is 68.4 Å². The molecule has 2 N–H and O–H groups in total. The Morgan fingerprint density at radius 3 is 2.70 bits per heavy atom. The molecule has 3 aromatic heterocycles. The number of carbonyl (C=O) groups is 1. The molecule has 0 unspecified atom stereocenters. The van der Waals surface area contributed by atoms with Crippen molar-refractivity contribution in [3.63, 3.8) is 0 Å². The van der Waals surface area contributed by atoms with Crippen molar-refractivity contribution in [1.82, 2.24) is 24.8 Å². The van der Waals surface area contributed by atoms with Gasteiger partial charge in [0.15, 0.2) is 11.4 Å². The molecule has 9 nitrogen and oxygen atoms in total. The Labute approximate surface area is 191 Å². The molecule has 33 heavy (non-hydrogen) atoms. The number of carbonyl (C=O) groups excluding carboxylic acids is 1. The van der Waals surface area contributed by atoms with Crippen LogP contribution in [0.1, 0.15) is 23.4 Å². The number of rotatable bonds is 8. The average Bonchev–Trinajstić information content (AvgIpc) is 3.60. The van der Waals surface area contributed by atoms with Crippen LogP contribution in [0.15, 0.2) is 59.0 Å². The molecule has 1 aliphatic heterocycles. The number of anilines is 2. The highest BCUT2D eigenvalue weighted by molar-refractivity contribution is 5.91. The van der Waals surface area contributed by atoms with Gasteiger partial charge in [0.25, 0.3) is 5.91 Å². The molecule has 4 aromatic rings. The van der Waals surface area contributed by atoms with Crippen LogP contribution in [0.3, 0.4) is 0 Å². The fourth-order valence-electron chi connectivity index (χ4n) is 4.00. The minimum atomic E-state index is -0.230. The molecule has 1 saturated heterocycles. The third-order valence-electron chi connectivity index (χ3n) is 5.72. The van der Waals surface area contributed by atoms with E-state index in [1.54, 1.807) is 23.8 Å². The summed E-state index contributed by atoms with van der Waals surface area (Å²) in [6, 6.07) is 16.9. The number of benzene rings is 1. The quantitative estimate of drug-likeness (QED) is 0.427. The van der Waals surface area contributed by atoms with E-state index in [1.165, 1.54) is 12.8 Å². The van der Waals surface area contributed by atoms with E-state index < -0.39 is 0 Å². The normalized spacial score (nSPS) is 14.0. The summed E-state index contributed by atoms with van der Waals surface area (Å²) in [5.74, 6) is 1.60. The maximum atomic E-state index is 12.4. The first-order chi connectivity index (χ1) is 16.2. The SMILES string of the molecule is COc1ccc(-c2cccc3nc(Nc4ccc(C(=O)NCCN5CCCC5)o4)nn23)cc1. The van der Waals surface area contributed by atoms with Crippen molar-refractivity contribution in [2.75, 3.05) is 38.6 Å². The van der Waals surface area contributed by atoms with Gasteiger partial charge in [0.2, 0.25) is 11.8 Å². The summed E-state index contributed by atoms with van der Waals surface area (Å²) in [4.78, 5) is 19.3. The molecule has 1 fully saturated rings. The van der Waals surface area contributed by atoms with E-state index in [1.807, 2.05) is 42.5 Å². The molecule has 4 heterocycles. The molecular formula is C24H26N6O3. The number of fused-ring (bicyclic) bond motifs is 1. The summed E-state index contributed by atoms with van der Waals surface area (Å²) in [5.41, 5.74) is 2.58. The maximum absolute atomic E-state index is 12.4. The van der Waals surface area contributed by atoms with Gasteiger partial charge < -0.3 is 19.4 Å². The third-order valence-corrected chi connectivity index (χ3v) is 5.72. The molecule has 9 heteroatoms. The summed E-state index contributed by atoms with van der Waals surface area (Å²) in [6.45, 7) is 3.68. The van der Waals surface area contributed by atoms with Crippen molar-refractivity contribution in [3.8, 4) is 17.0 Å². The largest absolute Gasteiger partial charge is 0.497 e. The zero-order valence-electron chi connectivity index (χ0n) is 18.5. The summed E-state index contributed by atoms with van der Waals surface area (Å²) < 4.78 is 12.7. The molecule has 5 rings (SSSR count). The van der Waals surface area contributed by atoms with Crippen LogP contribution in [0, 0.1) is 0 Å². The second kappa shape index (κ2) is 9.33. The van der Waals surface area contributed by atoms with Gasteiger partial charge in [0.05, 0.1) is 12.8 Å². The second-order valence-electron chi connectivity index (χ2n) is 7.94. The Bertz CT molecular complexity index is 1240. The minimum absolute atomic E-state index is 0.230. The van der Waals surface area contributed by atoms with Crippen LogP contribution in [0.4, 0.5) is 11.8 Å². The van der Waals surface area contributed by atoms with Crippen LogP contribution in [-0.2, 0) is 0 Å². The number of likely N-dealkylation sites (tertiary alicyclic amines) is 1. The van der Waals surface area contributed by atoms with E-state index in [4.69, 9.17) is 9.15 Å². The van der Waals surface area contributed by atoms with Crippen LogP contribution >= 0.6 is 0 Å². The predicted octanol–water partition coefficient (Wildman–Crippen LogP) is 3.57. The van der Waals surface area contributed by atoms with Gasteiger partial charge in [0, 0.05) is 24.7 Å². The molecule has 1 aliphatic rings. The number of methoxy groups -OCH3 is 1. The van der Waals surface area contributed by atoms with Crippen molar-refractivity contribution in [2.45, 2.75) is 12.8 Å². The van der Waals surface area contributed by atoms with E-state index in [9.17, 15) is 4.79 Å². The molecule has 1 aromatic carbocycles. The van der Waals surface area contributed by atoms with Crippen molar-refractivity contribution in [3.05, 3.63) is 60.4 Å². The average molecular weight is 447 g/mol. The van der Waals surface area contributed by atoms with Gasteiger partial charge in [-0.25, -0.2) is 4.52 Å². The lowest BCUT2D eigenvalue weighted by atomic mass is 10.1. The van der Waals surface area contributed by atoms with Crippen molar-refractivity contribution in [2.24, 2.45) is 0 Å². The number of pyridine rings is 1. The van der Waals surface area contributed by atoms with Crippen LogP contribution in [0.2, 0.25) is 0 Å². The fraction of sp³-hybridized carbons (Fsp3) is 0.292. The van der Waals surface area contributed by atoms with Gasteiger partial charge >= 0.3 is 0 Å². The number of nitrogens with one attached hydrogen (secondary N) is 2. The highest BCUT2D eigenvalue weighted by Gasteiger charge is 2.15. The van der Waals surface area contributed by atoms with Crippen LogP contribution in [-0.4, -0.2) is 58.7 Å². The lowest BCUT2D eigenvalue weighted by Crippen LogP contribution is -2.33. The van der Waals surface area contributed by atoms with Crippen LogP contribution < -0.4 is 15.4 Å². The van der Waals surface area contributed by atoms with Gasteiger partial charge in [0.1, 0.15) is 5.75 Å². The molecule has 0 aliphatic carbocycles. The van der Waals surface area contributed by atoms with Crippen molar-refractivity contribution in [1.29, 1.82) is 0 Å². The summed E-state index contributed by atoms with van der Waals surface area (Å²) in [6.07, 6.45) is 2.47. The topological polar surface area (TPSA) is 96.9 Å². The molecule has 1 amide bonds. The highest BCUT2D eigenvalue weighted by Crippen LogP contribution is 2.24. The fourth-order valence-corrected chi connectivity index (χ4v) is 4.00. The van der Waals surface area contributed by atoms with Crippen LogP contribution in [0.5, 0.6) is 5.75 Å². The summed E-state index contributed by atoms with van der Waals surface area (Å²) in [7, 11) is 1.64. The minimum Gasteiger partial charge on any atom is -0.497 e. The number of hydrogen-bond donors (Lipinski definition) is 2. The first kappa shape index (κ1) is 21.0. The molecule has 0 atom stereocenters. The number of ether oxygens (including phenoxy) is 1. The third kappa shape index (κ3) is 4.68. The summed E-state index contributed by atoms with van der Waals surface area (Å²) in [5, 5.41) is 10.5. The highest BCUT2D eigenvalue weighted by atomic mass is 16.5. The maximum Gasteiger partial charge on any atom is 0.287 e. The Kier molecular flexibility index (Phi) is 5.95. The monoisotopic (exact) mass is 446 g/mol. The van der Waals surface area contributed by atoms with Crippen LogP contribution in [0.25, 0.3) is 16.9 Å². The van der Waals surface area contributed by atoms with Crippen molar-refractivity contribution >= 4 is 23.4 Å². The van der Waals surface area contributed by atoms with Gasteiger partial charge in [-0.1, -0.05) is 6.07 Å². The Morgan fingerprint density at radius 2 is 1.91 bits per heavy atom. The first-order valence-electron chi connectivity index (χ1n) is 11.1. The number of furan rings is 1. The number of aromatic nitrogens is 3. The van der Waals surface area contributed by atoms with E-state index in [2.05, 4.69) is 25.6 Å². The molecule has 0 bridgehead atoms. The van der Waals surface area contributed by atoms with E-state index >= 15 is 0 Å². The van der Waals surface area contributed by atoms with E-state index in [0.717, 1.165) is 36.6 Å². The molecule has 0 saturated carbocycles. The predicted molar refractivity (Wildman–Crippen MR) is 125 cm³/mol. The lowest BCUT2D eigenvalue weighted by Gasteiger charge is -2.14. The molecular weight excluding hydrogens is 420 g/mol. The molecule has 0 radical (unpaired) electrons. The number of amides is 1. The second-order valence-corrected chi connectivity index (χ2v) is 7.94. The first-order valence-corrected chi connectivity index (χ1v) is 11.1.